The summed E-state index contributed by atoms with van der Waals surface area (Å²) in [4.78, 5) is 27.0. The van der Waals surface area contributed by atoms with Crippen molar-refractivity contribution in [2.75, 3.05) is 25.0 Å². The van der Waals surface area contributed by atoms with Crippen LogP contribution in [0.5, 0.6) is 0 Å². The Hall–Kier alpha value is -1.93. The molecule has 1 saturated carbocycles. The van der Waals surface area contributed by atoms with E-state index < -0.39 is 15.4 Å². The van der Waals surface area contributed by atoms with Crippen LogP contribution in [0.2, 0.25) is 0 Å². The molecule has 1 saturated heterocycles. The molecule has 0 bridgehead atoms. The molecule has 2 aliphatic heterocycles. The van der Waals surface area contributed by atoms with Gasteiger partial charge < -0.3 is 10.2 Å². The fourth-order valence-electron chi connectivity index (χ4n) is 5.03. The van der Waals surface area contributed by atoms with Gasteiger partial charge in [-0.15, -0.1) is 0 Å². The lowest BCUT2D eigenvalue weighted by Crippen LogP contribution is -2.47. The van der Waals surface area contributed by atoms with Crippen molar-refractivity contribution in [2.45, 2.75) is 68.7 Å². The van der Waals surface area contributed by atoms with Crippen molar-refractivity contribution in [2.24, 2.45) is 5.92 Å². The van der Waals surface area contributed by atoms with E-state index in [9.17, 15) is 18.0 Å². The van der Waals surface area contributed by atoms with Gasteiger partial charge in [-0.25, -0.2) is 8.42 Å². The number of piperidine rings is 1. The summed E-state index contributed by atoms with van der Waals surface area (Å²) in [6, 6.07) is 5.15. The lowest BCUT2D eigenvalue weighted by atomic mass is 9.86. The Kier molecular flexibility index (Phi) is 5.43. The van der Waals surface area contributed by atoms with Crippen LogP contribution >= 0.6 is 0 Å². The number of hydrogen-bond donors (Lipinski definition) is 1. The molecule has 2 fully saturated rings. The number of amides is 2. The lowest BCUT2D eigenvalue weighted by molar-refractivity contribution is -0.126. The molecular formula is C22H31N3O4S. The monoisotopic (exact) mass is 433 g/mol. The molecule has 2 heterocycles. The van der Waals surface area contributed by atoms with Crippen molar-refractivity contribution in [1.82, 2.24) is 9.62 Å². The van der Waals surface area contributed by atoms with E-state index in [-0.39, 0.29) is 35.2 Å². The number of nitrogens with zero attached hydrogens (tertiary/aromatic N) is 2. The van der Waals surface area contributed by atoms with Gasteiger partial charge in [-0.2, -0.15) is 4.31 Å². The molecule has 3 aliphatic rings. The lowest BCUT2D eigenvalue weighted by Gasteiger charge is -2.32. The van der Waals surface area contributed by atoms with E-state index in [2.05, 4.69) is 5.32 Å². The van der Waals surface area contributed by atoms with Crippen LogP contribution in [-0.4, -0.2) is 50.7 Å². The number of anilines is 1. The first-order valence-corrected chi connectivity index (χ1v) is 12.3. The van der Waals surface area contributed by atoms with Crippen molar-refractivity contribution >= 4 is 27.5 Å². The fraction of sp³-hybridized carbons (Fsp3) is 0.636. The van der Waals surface area contributed by atoms with Crippen LogP contribution in [0.4, 0.5) is 5.69 Å². The van der Waals surface area contributed by atoms with Gasteiger partial charge in [0.25, 0.3) is 0 Å². The molecule has 2 amide bonds. The molecule has 0 spiro atoms. The van der Waals surface area contributed by atoms with Crippen molar-refractivity contribution in [3.8, 4) is 0 Å². The zero-order chi connectivity index (χ0) is 21.7. The number of nitrogens with one attached hydrogen (secondary N) is 1. The maximum absolute atomic E-state index is 13.4. The molecule has 0 radical (unpaired) electrons. The van der Waals surface area contributed by atoms with Crippen LogP contribution in [0.25, 0.3) is 0 Å². The Labute approximate surface area is 178 Å². The third kappa shape index (κ3) is 3.54. The van der Waals surface area contributed by atoms with E-state index in [1.807, 2.05) is 13.8 Å². The largest absolute Gasteiger partial charge is 0.353 e. The highest BCUT2D eigenvalue weighted by Gasteiger charge is 2.43. The minimum absolute atomic E-state index is 0.0240. The van der Waals surface area contributed by atoms with Crippen molar-refractivity contribution in [1.29, 1.82) is 0 Å². The molecule has 1 N–H and O–H groups in total. The zero-order valence-electron chi connectivity index (χ0n) is 18.0. The second-order valence-electron chi connectivity index (χ2n) is 9.36. The van der Waals surface area contributed by atoms with Crippen LogP contribution < -0.4 is 10.2 Å². The number of hydrogen-bond acceptors (Lipinski definition) is 4. The highest BCUT2D eigenvalue weighted by molar-refractivity contribution is 7.89. The number of fused-ring (bicyclic) bond motifs is 1. The van der Waals surface area contributed by atoms with Gasteiger partial charge >= 0.3 is 0 Å². The topological polar surface area (TPSA) is 86.8 Å². The van der Waals surface area contributed by atoms with Gasteiger partial charge in [0.1, 0.15) is 0 Å². The van der Waals surface area contributed by atoms with Crippen molar-refractivity contribution in [3.05, 3.63) is 23.8 Å². The number of carbonyl (C=O) groups is 2. The van der Waals surface area contributed by atoms with Crippen LogP contribution in [0.15, 0.2) is 23.1 Å². The van der Waals surface area contributed by atoms with Crippen LogP contribution in [0.3, 0.4) is 0 Å². The summed E-state index contributed by atoms with van der Waals surface area (Å²) in [5, 5.41) is 3.11. The van der Waals surface area contributed by atoms with E-state index in [4.69, 9.17) is 0 Å². The molecule has 30 heavy (non-hydrogen) atoms. The minimum atomic E-state index is -3.74. The third-order valence-corrected chi connectivity index (χ3v) is 8.80. The highest BCUT2D eigenvalue weighted by Crippen LogP contribution is 2.42. The van der Waals surface area contributed by atoms with E-state index in [1.165, 1.54) is 4.31 Å². The first-order chi connectivity index (χ1) is 14.1. The smallest absolute Gasteiger partial charge is 0.243 e. The SMILES string of the molecule is CN1C(=O)C(C)(C)c2cc(S(=O)(=O)N3CCCC(C(=O)NC4CCCC4)C3)ccc21. The summed E-state index contributed by atoms with van der Waals surface area (Å²) < 4.78 is 28.2. The predicted octanol–water partition coefficient (Wildman–Crippen LogP) is 2.40. The number of carbonyl (C=O) groups excluding carboxylic acids is 2. The fourth-order valence-corrected chi connectivity index (χ4v) is 6.58. The van der Waals surface area contributed by atoms with Crippen molar-refractivity contribution < 1.29 is 18.0 Å². The standard InChI is InChI=1S/C22H31N3O4S/c1-22(2)18-13-17(10-11-19(18)24(3)21(22)27)30(28,29)25-12-6-7-15(14-25)20(26)23-16-8-4-5-9-16/h10-11,13,15-16H,4-9,12,14H2,1-3H3,(H,23,26). The minimum Gasteiger partial charge on any atom is -0.353 e. The van der Waals surface area contributed by atoms with E-state index in [0.29, 0.717) is 19.4 Å². The normalized spacial score (nSPS) is 24.8. The van der Waals surface area contributed by atoms with Crippen LogP contribution in [0.1, 0.15) is 57.9 Å². The van der Waals surface area contributed by atoms with E-state index in [0.717, 1.165) is 36.9 Å². The number of sulfonamides is 1. The van der Waals surface area contributed by atoms with Gasteiger partial charge in [0.05, 0.1) is 16.2 Å². The van der Waals surface area contributed by atoms with Gasteiger partial charge in [0.15, 0.2) is 0 Å². The van der Waals surface area contributed by atoms with Gasteiger partial charge in [-0.3, -0.25) is 9.59 Å². The summed E-state index contributed by atoms with van der Waals surface area (Å²) >= 11 is 0. The van der Waals surface area contributed by atoms with Crippen molar-refractivity contribution in [3.63, 3.8) is 0 Å². The summed E-state index contributed by atoms with van der Waals surface area (Å²) in [6.07, 6.45) is 5.68. The molecular weight excluding hydrogens is 402 g/mol. The number of benzene rings is 1. The second-order valence-corrected chi connectivity index (χ2v) is 11.3. The second kappa shape index (κ2) is 7.64. The van der Waals surface area contributed by atoms with Crippen LogP contribution in [-0.2, 0) is 25.0 Å². The van der Waals surface area contributed by atoms with E-state index >= 15 is 0 Å². The Morgan fingerprint density at radius 3 is 2.53 bits per heavy atom. The Balaban J connectivity index is 1.54. The van der Waals surface area contributed by atoms with Gasteiger partial charge in [-0.05, 0) is 63.3 Å². The molecule has 1 aliphatic carbocycles. The molecule has 1 atom stereocenters. The summed E-state index contributed by atoms with van der Waals surface area (Å²) in [5.41, 5.74) is 0.710. The van der Waals surface area contributed by atoms with Crippen LogP contribution in [0, 0.1) is 5.92 Å². The van der Waals surface area contributed by atoms with Gasteiger partial charge in [-0.1, -0.05) is 12.8 Å². The first kappa shape index (κ1) is 21.3. The molecule has 164 valence electrons. The third-order valence-electron chi connectivity index (χ3n) is 6.94. The predicted molar refractivity (Wildman–Crippen MR) is 115 cm³/mol. The van der Waals surface area contributed by atoms with Gasteiger partial charge in [0.2, 0.25) is 21.8 Å². The number of rotatable bonds is 4. The molecule has 1 unspecified atom stereocenters. The molecule has 7 nitrogen and oxygen atoms in total. The molecule has 8 heteroatoms. The Bertz CT molecular complexity index is 967. The molecule has 1 aromatic carbocycles. The maximum Gasteiger partial charge on any atom is 0.243 e. The summed E-state index contributed by atoms with van der Waals surface area (Å²) in [6.45, 7) is 4.26. The number of likely N-dealkylation sites (N-methyl/N-ethyl adjacent to an activating group) is 1. The van der Waals surface area contributed by atoms with E-state index in [1.54, 1.807) is 30.1 Å². The van der Waals surface area contributed by atoms with Gasteiger partial charge in [0, 0.05) is 31.9 Å². The highest BCUT2D eigenvalue weighted by atomic mass is 32.2. The maximum atomic E-state index is 13.4. The molecule has 4 rings (SSSR count). The summed E-state index contributed by atoms with van der Waals surface area (Å²) in [7, 11) is -2.03. The molecule has 0 aromatic heterocycles. The first-order valence-electron chi connectivity index (χ1n) is 10.9. The summed E-state index contributed by atoms with van der Waals surface area (Å²) in [5.74, 6) is -0.384. The average Bonchev–Trinajstić information content (AvgIpc) is 3.30. The zero-order valence-corrected chi connectivity index (χ0v) is 18.8. The quantitative estimate of drug-likeness (QED) is 0.790. The Morgan fingerprint density at radius 1 is 1.13 bits per heavy atom. The Morgan fingerprint density at radius 2 is 1.83 bits per heavy atom. The molecule has 1 aromatic rings. The average molecular weight is 434 g/mol.